The molecule has 0 radical (unpaired) electrons. The number of rotatable bonds is 3. The number of nitrogens with zero attached hydrogens (tertiary/aromatic N) is 1. The number of hydrogen-bond acceptors (Lipinski definition) is 5. The first-order valence-corrected chi connectivity index (χ1v) is 8.18. The average Bonchev–Trinajstić information content (AvgIpc) is 2.54. The van der Waals surface area contributed by atoms with Gasteiger partial charge in [-0.2, -0.15) is 11.8 Å². The van der Waals surface area contributed by atoms with Crippen molar-refractivity contribution in [1.29, 1.82) is 0 Å². The molecule has 21 heavy (non-hydrogen) atoms. The highest BCUT2D eigenvalue weighted by Crippen LogP contribution is 2.24. The largest absolute Gasteiger partial charge is 0.349 e. The number of carbonyl (C=O) groups is 1. The molecule has 0 unspecified atom stereocenters. The maximum Gasteiger partial charge on any atom is 0.253 e. The highest BCUT2D eigenvalue weighted by atomic mass is 32.2. The Labute approximate surface area is 127 Å². The molecule has 2 heterocycles. The molecule has 6 heteroatoms. The fraction of sp³-hybridized carbons (Fsp3) is 0.333. The second-order valence-corrected chi connectivity index (χ2v) is 6.30. The van der Waals surface area contributed by atoms with E-state index in [1.165, 1.54) is 0 Å². The van der Waals surface area contributed by atoms with E-state index in [4.69, 9.17) is 5.84 Å². The number of carbonyl (C=O) groups excluding carboxylic acids is 1. The third kappa shape index (κ3) is 2.96. The van der Waals surface area contributed by atoms with Crippen molar-refractivity contribution in [3.63, 3.8) is 0 Å². The lowest BCUT2D eigenvalue weighted by atomic mass is 10.1. The normalized spacial score (nSPS) is 15.9. The van der Waals surface area contributed by atoms with Crippen molar-refractivity contribution < 1.29 is 4.79 Å². The first kappa shape index (κ1) is 14.2. The second-order valence-electron chi connectivity index (χ2n) is 5.07. The van der Waals surface area contributed by atoms with E-state index in [1.807, 2.05) is 36.0 Å². The predicted molar refractivity (Wildman–Crippen MR) is 87.4 cm³/mol. The summed E-state index contributed by atoms with van der Waals surface area (Å²) < 4.78 is 0. The van der Waals surface area contributed by atoms with Gasteiger partial charge in [0.2, 0.25) is 0 Å². The van der Waals surface area contributed by atoms with Crippen molar-refractivity contribution >= 4 is 34.3 Å². The van der Waals surface area contributed by atoms with Crippen LogP contribution in [0.5, 0.6) is 0 Å². The van der Waals surface area contributed by atoms with Gasteiger partial charge in [-0.25, -0.2) is 10.8 Å². The van der Waals surface area contributed by atoms with Gasteiger partial charge in [-0.05, 0) is 29.7 Å². The van der Waals surface area contributed by atoms with Crippen LogP contribution in [-0.2, 0) is 0 Å². The zero-order valence-electron chi connectivity index (χ0n) is 11.6. The van der Waals surface area contributed by atoms with Crippen LogP contribution in [0, 0.1) is 0 Å². The van der Waals surface area contributed by atoms with Crippen LogP contribution in [0.1, 0.15) is 23.2 Å². The molecule has 1 fully saturated rings. The fourth-order valence-corrected chi connectivity index (χ4v) is 3.70. The molecule has 1 saturated heterocycles. The highest BCUT2D eigenvalue weighted by Gasteiger charge is 2.19. The average molecular weight is 302 g/mol. The molecule has 0 aliphatic carbocycles. The maximum absolute atomic E-state index is 12.5. The first-order valence-electron chi connectivity index (χ1n) is 7.02. The molecule has 0 bridgehead atoms. The Kier molecular flexibility index (Phi) is 4.26. The monoisotopic (exact) mass is 302 g/mol. The molecule has 1 aliphatic rings. The van der Waals surface area contributed by atoms with E-state index in [9.17, 15) is 4.79 Å². The molecule has 5 nitrogen and oxygen atoms in total. The Balaban J connectivity index is 1.91. The Morgan fingerprint density at radius 1 is 1.24 bits per heavy atom. The Bertz CT molecular complexity index is 655. The predicted octanol–water partition coefficient (Wildman–Crippen LogP) is 2.15. The quantitative estimate of drug-likeness (QED) is 0.598. The van der Waals surface area contributed by atoms with Gasteiger partial charge >= 0.3 is 0 Å². The molecular formula is C15H18N4OS. The van der Waals surface area contributed by atoms with Crippen LogP contribution in [0.4, 0.5) is 5.82 Å². The van der Waals surface area contributed by atoms with Crippen LogP contribution >= 0.6 is 11.8 Å². The number of benzene rings is 1. The van der Waals surface area contributed by atoms with Gasteiger partial charge in [0, 0.05) is 17.6 Å². The molecule has 3 rings (SSSR count). The van der Waals surface area contributed by atoms with E-state index < -0.39 is 0 Å². The number of hydrazine groups is 1. The SMILES string of the molecule is NNc1ncc(C(=O)NC2CCSCC2)c2ccccc12. The minimum absolute atomic E-state index is 0.0563. The molecule has 1 aromatic heterocycles. The Morgan fingerprint density at radius 2 is 1.95 bits per heavy atom. The highest BCUT2D eigenvalue weighted by molar-refractivity contribution is 7.99. The Hall–Kier alpha value is -1.79. The van der Waals surface area contributed by atoms with E-state index in [0.29, 0.717) is 11.4 Å². The summed E-state index contributed by atoms with van der Waals surface area (Å²) in [7, 11) is 0. The molecule has 0 saturated carbocycles. The summed E-state index contributed by atoms with van der Waals surface area (Å²) in [4.78, 5) is 16.8. The van der Waals surface area contributed by atoms with Gasteiger partial charge in [0.1, 0.15) is 5.82 Å². The van der Waals surface area contributed by atoms with Crippen LogP contribution < -0.4 is 16.6 Å². The summed E-state index contributed by atoms with van der Waals surface area (Å²) in [5.74, 6) is 8.22. The molecular weight excluding hydrogens is 284 g/mol. The van der Waals surface area contributed by atoms with Crippen LogP contribution in [0.2, 0.25) is 0 Å². The van der Waals surface area contributed by atoms with E-state index >= 15 is 0 Å². The second kappa shape index (κ2) is 6.32. The first-order chi connectivity index (χ1) is 10.3. The van der Waals surface area contributed by atoms with E-state index in [1.54, 1.807) is 6.20 Å². The number of pyridine rings is 1. The lowest BCUT2D eigenvalue weighted by Crippen LogP contribution is -2.37. The van der Waals surface area contributed by atoms with Gasteiger partial charge < -0.3 is 10.7 Å². The zero-order chi connectivity index (χ0) is 14.7. The summed E-state index contributed by atoms with van der Waals surface area (Å²) in [6, 6.07) is 7.92. The number of amides is 1. The van der Waals surface area contributed by atoms with Gasteiger partial charge in [-0.3, -0.25) is 4.79 Å². The molecule has 1 aliphatic heterocycles. The minimum atomic E-state index is -0.0563. The molecule has 0 atom stereocenters. The lowest BCUT2D eigenvalue weighted by Gasteiger charge is -2.22. The van der Waals surface area contributed by atoms with Gasteiger partial charge in [-0.1, -0.05) is 24.3 Å². The third-order valence-corrected chi connectivity index (χ3v) is 4.78. The van der Waals surface area contributed by atoms with Crippen LogP contribution in [-0.4, -0.2) is 28.4 Å². The van der Waals surface area contributed by atoms with Crippen molar-refractivity contribution in [3.05, 3.63) is 36.0 Å². The van der Waals surface area contributed by atoms with Gasteiger partial charge in [0.15, 0.2) is 0 Å². The van der Waals surface area contributed by atoms with Gasteiger partial charge in [0.05, 0.1) is 5.56 Å². The maximum atomic E-state index is 12.5. The van der Waals surface area contributed by atoms with E-state index in [-0.39, 0.29) is 11.9 Å². The third-order valence-electron chi connectivity index (χ3n) is 3.73. The van der Waals surface area contributed by atoms with Crippen molar-refractivity contribution in [2.24, 2.45) is 5.84 Å². The smallest absolute Gasteiger partial charge is 0.253 e. The number of nitrogen functional groups attached to an aromatic ring is 1. The van der Waals surface area contributed by atoms with Crippen molar-refractivity contribution in [1.82, 2.24) is 10.3 Å². The summed E-state index contributed by atoms with van der Waals surface area (Å²) in [6.07, 6.45) is 3.65. The van der Waals surface area contributed by atoms with Crippen molar-refractivity contribution in [3.8, 4) is 0 Å². The number of aromatic nitrogens is 1. The lowest BCUT2D eigenvalue weighted by molar-refractivity contribution is 0.0936. The topological polar surface area (TPSA) is 80.0 Å². The Morgan fingerprint density at radius 3 is 2.67 bits per heavy atom. The van der Waals surface area contributed by atoms with E-state index in [2.05, 4.69) is 15.7 Å². The standard InChI is InChI=1S/C15H18N4OS/c16-19-14-12-4-2-1-3-11(12)13(9-17-14)15(20)18-10-5-7-21-8-6-10/h1-4,9-10H,5-8,16H2,(H,17,19)(H,18,20). The molecule has 1 aromatic carbocycles. The number of anilines is 1. The molecule has 4 N–H and O–H groups in total. The summed E-state index contributed by atoms with van der Waals surface area (Å²) in [5.41, 5.74) is 3.17. The molecule has 0 spiro atoms. The number of nitrogens with one attached hydrogen (secondary N) is 2. The summed E-state index contributed by atoms with van der Waals surface area (Å²) in [6.45, 7) is 0. The molecule has 110 valence electrons. The van der Waals surface area contributed by atoms with Crippen LogP contribution in [0.3, 0.4) is 0 Å². The fourth-order valence-electron chi connectivity index (χ4n) is 2.59. The summed E-state index contributed by atoms with van der Waals surface area (Å²) in [5, 5.41) is 4.84. The number of fused-ring (bicyclic) bond motifs is 1. The minimum Gasteiger partial charge on any atom is -0.349 e. The number of hydrogen-bond donors (Lipinski definition) is 3. The van der Waals surface area contributed by atoms with E-state index in [0.717, 1.165) is 35.1 Å². The number of nitrogens with two attached hydrogens (primary N) is 1. The zero-order valence-corrected chi connectivity index (χ0v) is 12.5. The number of thioether (sulfide) groups is 1. The van der Waals surface area contributed by atoms with Crippen molar-refractivity contribution in [2.75, 3.05) is 16.9 Å². The van der Waals surface area contributed by atoms with Crippen LogP contribution in [0.15, 0.2) is 30.5 Å². The summed E-state index contributed by atoms with van der Waals surface area (Å²) >= 11 is 1.94. The van der Waals surface area contributed by atoms with Gasteiger partial charge in [-0.15, -0.1) is 0 Å². The van der Waals surface area contributed by atoms with Crippen LogP contribution in [0.25, 0.3) is 10.8 Å². The van der Waals surface area contributed by atoms with Gasteiger partial charge in [0.25, 0.3) is 5.91 Å². The molecule has 2 aromatic rings. The van der Waals surface area contributed by atoms with Crippen molar-refractivity contribution in [2.45, 2.75) is 18.9 Å². The molecule has 1 amide bonds.